The van der Waals surface area contributed by atoms with Crippen LogP contribution in [0.4, 0.5) is 5.69 Å². The molecular formula is C25H26N6O4S. The molecule has 0 atom stereocenters. The normalized spacial score (nSPS) is 11.3. The third-order valence-electron chi connectivity index (χ3n) is 5.66. The molecule has 2 heterocycles. The summed E-state index contributed by atoms with van der Waals surface area (Å²) in [7, 11) is -3.33. The van der Waals surface area contributed by atoms with Crippen LogP contribution >= 0.6 is 0 Å². The van der Waals surface area contributed by atoms with E-state index in [1.54, 1.807) is 44.2 Å². The zero-order valence-corrected chi connectivity index (χ0v) is 21.1. The summed E-state index contributed by atoms with van der Waals surface area (Å²) in [6, 6.07) is 14.9. The van der Waals surface area contributed by atoms with Crippen molar-refractivity contribution in [3.63, 3.8) is 0 Å². The molecule has 0 aliphatic heterocycles. The van der Waals surface area contributed by atoms with Gasteiger partial charge in [0, 0.05) is 23.3 Å². The first kappa shape index (κ1) is 24.9. The highest BCUT2D eigenvalue weighted by atomic mass is 32.2. The molecule has 4 rings (SSSR count). The van der Waals surface area contributed by atoms with Crippen LogP contribution in [0.3, 0.4) is 0 Å². The summed E-state index contributed by atoms with van der Waals surface area (Å²) >= 11 is 0. The summed E-state index contributed by atoms with van der Waals surface area (Å²) in [6.07, 6.45) is 1.13. The molecule has 2 aromatic heterocycles. The van der Waals surface area contributed by atoms with Gasteiger partial charge < -0.3 is 15.2 Å². The van der Waals surface area contributed by atoms with E-state index in [4.69, 9.17) is 0 Å². The topological polar surface area (TPSA) is 139 Å². The van der Waals surface area contributed by atoms with Crippen molar-refractivity contribution < 1.29 is 18.0 Å². The van der Waals surface area contributed by atoms with Gasteiger partial charge in [0.15, 0.2) is 15.7 Å². The second kappa shape index (κ2) is 9.78. The van der Waals surface area contributed by atoms with Crippen molar-refractivity contribution in [2.45, 2.75) is 32.2 Å². The van der Waals surface area contributed by atoms with E-state index in [9.17, 15) is 18.0 Å². The van der Waals surface area contributed by atoms with Crippen LogP contribution in [0, 0.1) is 20.8 Å². The van der Waals surface area contributed by atoms with Gasteiger partial charge in [-0.15, -0.1) is 0 Å². The first-order valence-corrected chi connectivity index (χ1v) is 13.0. The fraction of sp³-hybridized carbons (Fsp3) is 0.200. The third-order valence-corrected chi connectivity index (χ3v) is 6.78. The zero-order chi connectivity index (χ0) is 26.0. The average molecular weight is 507 g/mol. The summed E-state index contributed by atoms with van der Waals surface area (Å²) in [5.41, 5.74) is 3.41. The molecule has 186 valence electrons. The first-order valence-electron chi connectivity index (χ1n) is 11.1. The number of aryl methyl sites for hydroxylation is 2. The average Bonchev–Trinajstić information content (AvgIpc) is 3.39. The smallest absolute Gasteiger partial charge is 0.257 e. The largest absolute Gasteiger partial charge is 0.345 e. The lowest BCUT2D eigenvalue weighted by molar-refractivity contribution is 0.0949. The van der Waals surface area contributed by atoms with E-state index in [1.165, 1.54) is 12.1 Å². The van der Waals surface area contributed by atoms with Gasteiger partial charge in [0.05, 0.1) is 28.3 Å². The number of hydrogen-bond acceptors (Lipinski definition) is 6. The van der Waals surface area contributed by atoms with Gasteiger partial charge in [0.1, 0.15) is 5.82 Å². The summed E-state index contributed by atoms with van der Waals surface area (Å²) in [4.78, 5) is 30.4. The van der Waals surface area contributed by atoms with Crippen LogP contribution < -0.4 is 10.6 Å². The zero-order valence-electron chi connectivity index (χ0n) is 20.3. The van der Waals surface area contributed by atoms with Crippen LogP contribution in [-0.4, -0.2) is 46.2 Å². The van der Waals surface area contributed by atoms with E-state index in [0.29, 0.717) is 39.8 Å². The standard InChI is InChI=1S/C25H26N6O4S/c1-15-13-21(25(33)28-18-9-11-19(12-10-18)36(4,34)35)16(2)31(15)22-8-6-5-7-20(22)24(32)26-14-23-27-17(3)29-30-23/h5-13H,14H2,1-4H3,(H,26,32)(H,28,33)(H,27,29,30). The molecule has 2 amide bonds. The van der Waals surface area contributed by atoms with E-state index in [2.05, 4.69) is 25.8 Å². The number of nitrogens with zero attached hydrogens (tertiary/aromatic N) is 3. The Bertz CT molecular complexity index is 1550. The minimum atomic E-state index is -3.33. The molecule has 0 bridgehead atoms. The molecule has 0 spiro atoms. The minimum Gasteiger partial charge on any atom is -0.345 e. The molecule has 0 fully saturated rings. The van der Waals surface area contributed by atoms with Crippen molar-refractivity contribution in [2.75, 3.05) is 11.6 Å². The number of hydrogen-bond donors (Lipinski definition) is 3. The van der Waals surface area contributed by atoms with Gasteiger partial charge in [-0.3, -0.25) is 14.7 Å². The summed E-state index contributed by atoms with van der Waals surface area (Å²) in [5.74, 6) is 0.506. The molecule has 0 aliphatic carbocycles. The molecule has 11 heteroatoms. The van der Waals surface area contributed by atoms with E-state index in [0.717, 1.165) is 11.9 Å². The highest BCUT2D eigenvalue weighted by Crippen LogP contribution is 2.25. The van der Waals surface area contributed by atoms with Gasteiger partial charge in [0.2, 0.25) is 0 Å². The van der Waals surface area contributed by atoms with Gasteiger partial charge >= 0.3 is 0 Å². The number of rotatable bonds is 7. The SMILES string of the molecule is Cc1nc(CNC(=O)c2ccccc2-n2c(C)cc(C(=O)Nc3ccc(S(C)(=O)=O)cc3)c2C)n[nH]1. The van der Waals surface area contributed by atoms with Crippen LogP contribution in [0.5, 0.6) is 0 Å². The monoisotopic (exact) mass is 506 g/mol. The number of para-hydroxylation sites is 1. The third kappa shape index (κ3) is 5.20. The first-order chi connectivity index (χ1) is 17.0. The Morgan fingerprint density at radius 1 is 0.972 bits per heavy atom. The van der Waals surface area contributed by atoms with E-state index in [-0.39, 0.29) is 23.3 Å². The van der Waals surface area contributed by atoms with Crippen molar-refractivity contribution in [2.24, 2.45) is 0 Å². The Balaban J connectivity index is 1.58. The molecule has 0 saturated carbocycles. The number of amides is 2. The lowest BCUT2D eigenvalue weighted by Gasteiger charge is -2.15. The number of aromatic nitrogens is 4. The van der Waals surface area contributed by atoms with Gasteiger partial charge in [-0.05, 0) is 63.2 Å². The van der Waals surface area contributed by atoms with Crippen molar-refractivity contribution in [3.05, 3.63) is 88.8 Å². The maximum Gasteiger partial charge on any atom is 0.257 e. The van der Waals surface area contributed by atoms with E-state index in [1.807, 2.05) is 23.6 Å². The Morgan fingerprint density at radius 3 is 2.31 bits per heavy atom. The number of sulfone groups is 1. The van der Waals surface area contributed by atoms with Crippen molar-refractivity contribution in [3.8, 4) is 5.69 Å². The van der Waals surface area contributed by atoms with Crippen LogP contribution in [0.1, 0.15) is 43.8 Å². The van der Waals surface area contributed by atoms with Gasteiger partial charge in [0.25, 0.3) is 11.8 Å². The van der Waals surface area contributed by atoms with Crippen molar-refractivity contribution in [1.29, 1.82) is 0 Å². The van der Waals surface area contributed by atoms with Crippen LogP contribution in [-0.2, 0) is 16.4 Å². The number of H-pyrrole nitrogens is 1. The van der Waals surface area contributed by atoms with Gasteiger partial charge in [-0.25, -0.2) is 13.4 Å². The highest BCUT2D eigenvalue weighted by Gasteiger charge is 2.21. The fourth-order valence-electron chi connectivity index (χ4n) is 3.93. The fourth-order valence-corrected chi connectivity index (χ4v) is 4.56. The van der Waals surface area contributed by atoms with E-state index < -0.39 is 9.84 Å². The Morgan fingerprint density at radius 2 is 1.67 bits per heavy atom. The van der Waals surface area contributed by atoms with Gasteiger partial charge in [-0.2, -0.15) is 5.10 Å². The molecule has 0 aliphatic rings. The number of carbonyl (C=O) groups is 2. The summed E-state index contributed by atoms with van der Waals surface area (Å²) < 4.78 is 25.2. The molecule has 36 heavy (non-hydrogen) atoms. The Labute approximate surface area is 208 Å². The Hall–Kier alpha value is -4.25. The number of benzene rings is 2. The van der Waals surface area contributed by atoms with Crippen molar-refractivity contribution in [1.82, 2.24) is 25.1 Å². The second-order valence-corrected chi connectivity index (χ2v) is 10.4. The lowest BCUT2D eigenvalue weighted by atomic mass is 10.1. The lowest BCUT2D eigenvalue weighted by Crippen LogP contribution is -2.25. The predicted molar refractivity (Wildman–Crippen MR) is 135 cm³/mol. The molecule has 4 aromatic rings. The second-order valence-electron chi connectivity index (χ2n) is 8.41. The molecule has 0 saturated heterocycles. The molecule has 0 radical (unpaired) electrons. The number of carbonyl (C=O) groups excluding carboxylic acids is 2. The predicted octanol–water partition coefficient (Wildman–Crippen LogP) is 3.11. The molecule has 0 unspecified atom stereocenters. The maximum atomic E-state index is 13.1. The van der Waals surface area contributed by atoms with Crippen LogP contribution in [0.2, 0.25) is 0 Å². The molecule has 10 nitrogen and oxygen atoms in total. The number of nitrogens with one attached hydrogen (secondary N) is 3. The number of aromatic amines is 1. The minimum absolute atomic E-state index is 0.173. The summed E-state index contributed by atoms with van der Waals surface area (Å²) in [6.45, 7) is 5.62. The van der Waals surface area contributed by atoms with Gasteiger partial charge in [-0.1, -0.05) is 12.1 Å². The van der Waals surface area contributed by atoms with E-state index >= 15 is 0 Å². The maximum absolute atomic E-state index is 13.1. The Kier molecular flexibility index (Phi) is 6.75. The summed E-state index contributed by atoms with van der Waals surface area (Å²) in [5, 5.41) is 12.4. The van der Waals surface area contributed by atoms with Crippen LogP contribution in [0.15, 0.2) is 59.5 Å². The molecule has 3 N–H and O–H groups in total. The number of anilines is 1. The van der Waals surface area contributed by atoms with Crippen molar-refractivity contribution >= 4 is 27.3 Å². The molecular weight excluding hydrogens is 480 g/mol. The molecule has 2 aromatic carbocycles. The highest BCUT2D eigenvalue weighted by molar-refractivity contribution is 7.90. The quantitative estimate of drug-likeness (QED) is 0.352. The van der Waals surface area contributed by atoms with Crippen LogP contribution in [0.25, 0.3) is 5.69 Å².